The summed E-state index contributed by atoms with van der Waals surface area (Å²) in [7, 11) is 0. The number of aromatic nitrogens is 1. The minimum absolute atomic E-state index is 0.0731. The fourth-order valence-electron chi connectivity index (χ4n) is 2.19. The fourth-order valence-corrected chi connectivity index (χ4v) is 2.93. The molecule has 0 spiro atoms. The predicted octanol–water partition coefficient (Wildman–Crippen LogP) is 4.17. The summed E-state index contributed by atoms with van der Waals surface area (Å²) < 4.78 is 18.4. The number of anilines is 1. The second-order valence-corrected chi connectivity index (χ2v) is 6.32. The van der Waals surface area contributed by atoms with Crippen molar-refractivity contribution in [2.75, 3.05) is 11.9 Å². The maximum Gasteiger partial charge on any atom is 0.264 e. The number of benzene rings is 2. The summed E-state index contributed by atoms with van der Waals surface area (Å²) in [5, 5.41) is 4.86. The van der Waals surface area contributed by atoms with Gasteiger partial charge < -0.3 is 4.74 Å². The number of nitrogens with one attached hydrogen (secondary N) is 1. The van der Waals surface area contributed by atoms with Crippen LogP contribution in [0, 0.1) is 5.82 Å². The van der Waals surface area contributed by atoms with Crippen LogP contribution in [0.1, 0.15) is 17.3 Å². The third-order valence-electron chi connectivity index (χ3n) is 3.50. The Balaban J connectivity index is 1.58. The molecule has 0 saturated heterocycles. The van der Waals surface area contributed by atoms with E-state index in [1.807, 2.05) is 0 Å². The van der Waals surface area contributed by atoms with Crippen LogP contribution in [0.5, 0.6) is 5.75 Å². The number of nitrogens with zero attached hydrogens (tertiary/aromatic N) is 1. The molecule has 0 saturated carbocycles. The number of ketones is 1. The van der Waals surface area contributed by atoms with Crippen molar-refractivity contribution in [2.45, 2.75) is 6.92 Å². The average Bonchev–Trinajstić information content (AvgIpc) is 3.09. The molecule has 0 unspecified atom stereocenters. The molecule has 3 rings (SSSR count). The molecular formula is C19H15FN2O3S. The minimum Gasteiger partial charge on any atom is -0.484 e. The summed E-state index contributed by atoms with van der Waals surface area (Å²) >= 11 is 1.27. The maximum absolute atomic E-state index is 13.0. The van der Waals surface area contributed by atoms with Crippen LogP contribution in [-0.2, 0) is 4.79 Å². The third kappa shape index (κ3) is 4.52. The van der Waals surface area contributed by atoms with Gasteiger partial charge in [0, 0.05) is 16.5 Å². The zero-order valence-corrected chi connectivity index (χ0v) is 14.7. The lowest BCUT2D eigenvalue weighted by molar-refractivity contribution is -0.118. The number of hydrogen-bond donors (Lipinski definition) is 1. The van der Waals surface area contributed by atoms with Crippen LogP contribution in [0.3, 0.4) is 0 Å². The highest BCUT2D eigenvalue weighted by Crippen LogP contribution is 2.25. The van der Waals surface area contributed by atoms with Crippen molar-refractivity contribution in [1.29, 1.82) is 0 Å². The smallest absolute Gasteiger partial charge is 0.264 e. The lowest BCUT2D eigenvalue weighted by Crippen LogP contribution is -2.20. The monoisotopic (exact) mass is 370 g/mol. The first-order valence-corrected chi connectivity index (χ1v) is 8.64. The molecule has 0 aliphatic carbocycles. The Morgan fingerprint density at radius 3 is 2.69 bits per heavy atom. The predicted molar refractivity (Wildman–Crippen MR) is 98.1 cm³/mol. The van der Waals surface area contributed by atoms with Gasteiger partial charge in [-0.05, 0) is 43.3 Å². The lowest BCUT2D eigenvalue weighted by atomic mass is 10.1. The Morgan fingerprint density at radius 1 is 1.19 bits per heavy atom. The van der Waals surface area contributed by atoms with Gasteiger partial charge in [0.2, 0.25) is 0 Å². The van der Waals surface area contributed by atoms with E-state index in [0.29, 0.717) is 22.1 Å². The van der Waals surface area contributed by atoms with Crippen LogP contribution < -0.4 is 10.1 Å². The van der Waals surface area contributed by atoms with Crippen LogP contribution >= 0.6 is 11.3 Å². The highest BCUT2D eigenvalue weighted by Gasteiger charge is 2.09. The van der Waals surface area contributed by atoms with Crippen molar-refractivity contribution in [3.05, 3.63) is 65.3 Å². The van der Waals surface area contributed by atoms with E-state index < -0.39 is 0 Å². The fraction of sp³-hybridized carbons (Fsp3) is 0.105. The summed E-state index contributed by atoms with van der Waals surface area (Å²) in [6.45, 7) is 1.26. The lowest BCUT2D eigenvalue weighted by Gasteiger charge is -2.06. The Kier molecular flexibility index (Phi) is 5.38. The largest absolute Gasteiger partial charge is 0.484 e. The molecule has 0 radical (unpaired) electrons. The highest BCUT2D eigenvalue weighted by atomic mass is 32.1. The van der Waals surface area contributed by atoms with E-state index in [0.717, 1.165) is 5.56 Å². The van der Waals surface area contributed by atoms with Crippen molar-refractivity contribution in [3.63, 3.8) is 0 Å². The summed E-state index contributed by atoms with van der Waals surface area (Å²) in [6, 6.07) is 12.6. The van der Waals surface area contributed by atoms with Gasteiger partial charge in [-0.15, -0.1) is 11.3 Å². The first kappa shape index (κ1) is 17.8. The minimum atomic E-state index is -0.363. The van der Waals surface area contributed by atoms with Gasteiger partial charge in [-0.3, -0.25) is 14.9 Å². The molecular weight excluding hydrogens is 355 g/mol. The van der Waals surface area contributed by atoms with E-state index in [1.165, 1.54) is 30.4 Å². The van der Waals surface area contributed by atoms with E-state index in [1.54, 1.807) is 41.8 Å². The number of carbonyl (C=O) groups is 2. The summed E-state index contributed by atoms with van der Waals surface area (Å²) in [5.74, 6) is -0.309. The van der Waals surface area contributed by atoms with Gasteiger partial charge in [-0.1, -0.05) is 12.1 Å². The van der Waals surface area contributed by atoms with E-state index >= 15 is 0 Å². The van der Waals surface area contributed by atoms with Crippen molar-refractivity contribution in [3.8, 4) is 17.0 Å². The molecule has 0 fully saturated rings. The molecule has 1 heterocycles. The number of rotatable bonds is 6. The van der Waals surface area contributed by atoms with Crippen LogP contribution in [0.2, 0.25) is 0 Å². The second-order valence-electron chi connectivity index (χ2n) is 5.47. The molecule has 0 atom stereocenters. The molecule has 0 aliphatic rings. The van der Waals surface area contributed by atoms with Gasteiger partial charge in [-0.2, -0.15) is 0 Å². The van der Waals surface area contributed by atoms with Crippen LogP contribution in [0.4, 0.5) is 9.52 Å². The van der Waals surface area contributed by atoms with Crippen molar-refractivity contribution in [1.82, 2.24) is 4.98 Å². The second kappa shape index (κ2) is 7.88. The van der Waals surface area contributed by atoms with Gasteiger partial charge in [-0.25, -0.2) is 9.37 Å². The van der Waals surface area contributed by atoms with E-state index in [9.17, 15) is 14.0 Å². The maximum atomic E-state index is 13.0. The summed E-state index contributed by atoms with van der Waals surface area (Å²) in [6.07, 6.45) is 0. The molecule has 26 heavy (non-hydrogen) atoms. The first-order chi connectivity index (χ1) is 12.5. The quantitative estimate of drug-likeness (QED) is 0.661. The molecule has 1 N–H and O–H groups in total. The van der Waals surface area contributed by atoms with Gasteiger partial charge in [0.1, 0.15) is 11.6 Å². The Bertz CT molecular complexity index is 938. The van der Waals surface area contributed by atoms with Crippen LogP contribution in [0.25, 0.3) is 11.3 Å². The molecule has 5 nitrogen and oxygen atoms in total. The Morgan fingerprint density at radius 2 is 1.96 bits per heavy atom. The van der Waals surface area contributed by atoms with E-state index in [4.69, 9.17) is 4.74 Å². The van der Waals surface area contributed by atoms with Crippen molar-refractivity contribution in [2.24, 2.45) is 0 Å². The number of amides is 1. The number of ether oxygens (including phenoxy) is 1. The number of halogens is 1. The zero-order chi connectivity index (χ0) is 18.5. The zero-order valence-electron chi connectivity index (χ0n) is 13.9. The number of carbonyl (C=O) groups excluding carboxylic acids is 2. The van der Waals surface area contributed by atoms with Crippen LogP contribution in [0.15, 0.2) is 53.9 Å². The number of hydrogen-bond acceptors (Lipinski definition) is 5. The Hall–Kier alpha value is -3.06. The van der Waals surface area contributed by atoms with Gasteiger partial charge in [0.15, 0.2) is 17.5 Å². The Labute approximate surface area is 153 Å². The molecule has 1 aromatic heterocycles. The average molecular weight is 370 g/mol. The molecule has 2 aromatic carbocycles. The SMILES string of the molecule is CC(=O)c1cccc(OCC(=O)Nc2nc(-c3ccc(F)cc3)cs2)c1. The normalized spacial score (nSPS) is 10.4. The highest BCUT2D eigenvalue weighted by molar-refractivity contribution is 7.14. The van der Waals surface area contributed by atoms with Gasteiger partial charge in [0.05, 0.1) is 5.69 Å². The molecule has 0 bridgehead atoms. The van der Waals surface area contributed by atoms with Gasteiger partial charge in [0.25, 0.3) is 5.91 Å². The molecule has 0 aliphatic heterocycles. The van der Waals surface area contributed by atoms with Crippen molar-refractivity contribution >= 4 is 28.2 Å². The van der Waals surface area contributed by atoms with E-state index in [-0.39, 0.29) is 24.1 Å². The molecule has 7 heteroatoms. The first-order valence-electron chi connectivity index (χ1n) is 7.76. The number of Topliss-reactive ketones (excluding diaryl/α,β-unsaturated/α-hetero) is 1. The topological polar surface area (TPSA) is 68.3 Å². The molecule has 3 aromatic rings. The summed E-state index contributed by atoms with van der Waals surface area (Å²) in [5.41, 5.74) is 1.94. The van der Waals surface area contributed by atoms with E-state index in [2.05, 4.69) is 10.3 Å². The molecule has 132 valence electrons. The third-order valence-corrected chi connectivity index (χ3v) is 4.26. The summed E-state index contributed by atoms with van der Waals surface area (Å²) in [4.78, 5) is 27.7. The standard InChI is InChI=1S/C19H15FN2O3S/c1-12(23)14-3-2-4-16(9-14)25-10-18(24)22-19-21-17(11-26-19)13-5-7-15(20)8-6-13/h2-9,11H,10H2,1H3,(H,21,22,24). The van der Waals surface area contributed by atoms with Crippen molar-refractivity contribution < 1.29 is 18.7 Å². The van der Waals surface area contributed by atoms with Gasteiger partial charge >= 0.3 is 0 Å². The van der Waals surface area contributed by atoms with Crippen LogP contribution in [-0.4, -0.2) is 23.3 Å². The molecule has 1 amide bonds. The number of thiazole rings is 1.